The Balaban J connectivity index is 1.56. The van der Waals surface area contributed by atoms with E-state index in [0.29, 0.717) is 6.61 Å². The minimum Gasteiger partial charge on any atom is -0.494 e. The predicted octanol–water partition coefficient (Wildman–Crippen LogP) is 3.38. The lowest BCUT2D eigenvalue weighted by molar-refractivity contribution is -0.697. The van der Waals surface area contributed by atoms with Crippen LogP contribution >= 0.6 is 0 Å². The summed E-state index contributed by atoms with van der Waals surface area (Å²) in [4.78, 5) is 12.9. The second-order valence-corrected chi connectivity index (χ2v) is 6.28. The molecule has 0 aliphatic rings. The number of ether oxygens (including phenoxy) is 1. The quantitative estimate of drug-likeness (QED) is 0.531. The van der Waals surface area contributed by atoms with Gasteiger partial charge in [0.1, 0.15) is 12.3 Å². The van der Waals surface area contributed by atoms with Crippen LogP contribution in [0.3, 0.4) is 0 Å². The number of carboxylic acid groups (broad SMARTS) is 1. The number of rotatable bonds is 10. The minimum absolute atomic E-state index is 0.281. The summed E-state index contributed by atoms with van der Waals surface area (Å²) in [5.41, 5.74) is 1.49. The number of aromatic carboxylic acids is 1. The van der Waals surface area contributed by atoms with Gasteiger partial charge in [0.15, 0.2) is 12.4 Å². The largest absolute Gasteiger partial charge is 0.494 e. The molecular formula is C20H27N2O3+. The third kappa shape index (κ3) is 6.45. The van der Waals surface area contributed by atoms with Crippen LogP contribution in [-0.2, 0) is 6.54 Å². The first-order valence-electron chi connectivity index (χ1n) is 8.69. The Morgan fingerprint density at radius 1 is 1.00 bits per heavy atom. The van der Waals surface area contributed by atoms with Crippen LogP contribution < -0.4 is 14.2 Å². The molecular weight excluding hydrogens is 316 g/mol. The summed E-state index contributed by atoms with van der Waals surface area (Å²) < 4.78 is 7.85. The Hall–Kier alpha value is -2.56. The second kappa shape index (κ2) is 9.67. The van der Waals surface area contributed by atoms with Gasteiger partial charge in [0.2, 0.25) is 0 Å². The monoisotopic (exact) mass is 343 g/mol. The van der Waals surface area contributed by atoms with Gasteiger partial charge in [-0.3, -0.25) is 0 Å². The summed E-state index contributed by atoms with van der Waals surface area (Å²) in [6.45, 7) is 1.70. The molecule has 1 aromatic carbocycles. The van der Waals surface area contributed by atoms with Crippen LogP contribution in [0, 0.1) is 0 Å². The predicted molar refractivity (Wildman–Crippen MR) is 98.3 cm³/mol. The van der Waals surface area contributed by atoms with Gasteiger partial charge in [-0.15, -0.1) is 0 Å². The third-order valence-electron chi connectivity index (χ3n) is 4.07. The molecule has 1 aromatic heterocycles. The molecule has 0 aliphatic heterocycles. The summed E-state index contributed by atoms with van der Waals surface area (Å²) in [6.07, 6.45) is 8.70. The van der Waals surface area contributed by atoms with E-state index in [1.165, 1.54) is 12.1 Å². The number of nitrogens with zero attached hydrogens (tertiary/aromatic N) is 2. The first-order valence-corrected chi connectivity index (χ1v) is 8.69. The van der Waals surface area contributed by atoms with E-state index in [0.717, 1.165) is 31.6 Å². The average molecular weight is 343 g/mol. The summed E-state index contributed by atoms with van der Waals surface area (Å²) in [7, 11) is 4.09. The third-order valence-corrected chi connectivity index (χ3v) is 4.07. The Morgan fingerprint density at radius 3 is 2.24 bits per heavy atom. The Labute approximate surface area is 149 Å². The van der Waals surface area contributed by atoms with Crippen LogP contribution in [-0.4, -0.2) is 31.8 Å². The Morgan fingerprint density at radius 2 is 1.64 bits per heavy atom. The first-order chi connectivity index (χ1) is 12.1. The smallest absolute Gasteiger partial charge is 0.335 e. The highest BCUT2D eigenvalue weighted by Crippen LogP contribution is 2.13. The number of anilines is 1. The van der Waals surface area contributed by atoms with Crippen molar-refractivity contribution in [2.45, 2.75) is 32.2 Å². The van der Waals surface area contributed by atoms with Gasteiger partial charge in [0.25, 0.3) is 0 Å². The highest BCUT2D eigenvalue weighted by atomic mass is 16.5. The molecule has 0 aliphatic carbocycles. The molecule has 0 bridgehead atoms. The molecule has 0 saturated carbocycles. The normalized spacial score (nSPS) is 10.5. The molecule has 2 aromatic rings. The van der Waals surface area contributed by atoms with Crippen molar-refractivity contribution in [3.8, 4) is 5.75 Å². The van der Waals surface area contributed by atoms with Crippen molar-refractivity contribution in [1.29, 1.82) is 0 Å². The van der Waals surface area contributed by atoms with E-state index in [9.17, 15) is 4.79 Å². The average Bonchev–Trinajstić information content (AvgIpc) is 2.61. The molecule has 25 heavy (non-hydrogen) atoms. The highest BCUT2D eigenvalue weighted by Gasteiger charge is 2.03. The molecule has 5 heteroatoms. The van der Waals surface area contributed by atoms with Crippen molar-refractivity contribution in [3.05, 3.63) is 54.4 Å². The number of benzene rings is 1. The van der Waals surface area contributed by atoms with E-state index in [1.807, 2.05) is 14.1 Å². The molecule has 0 amide bonds. The standard InChI is InChI=1S/C20H26N2O3/c1-21(2)18-11-14-22(15-12-18)13-5-3-4-6-16-25-19-9-7-17(8-10-19)20(23)24/h7-12,14-15H,3-6,13,16H2,1-2H3/p+1. The molecule has 0 unspecified atom stereocenters. The number of aryl methyl sites for hydroxylation is 1. The van der Waals surface area contributed by atoms with Gasteiger partial charge >= 0.3 is 5.97 Å². The SMILES string of the molecule is CN(C)c1cc[n+](CCCCCCOc2ccc(C(=O)O)cc2)cc1. The number of hydrogen-bond donors (Lipinski definition) is 1. The van der Waals surface area contributed by atoms with Crippen LogP contribution in [0.2, 0.25) is 0 Å². The fraction of sp³-hybridized carbons (Fsp3) is 0.400. The lowest BCUT2D eigenvalue weighted by atomic mass is 10.2. The lowest BCUT2D eigenvalue weighted by Crippen LogP contribution is -2.32. The van der Waals surface area contributed by atoms with Gasteiger partial charge in [0.05, 0.1) is 12.2 Å². The number of pyridine rings is 1. The highest BCUT2D eigenvalue weighted by molar-refractivity contribution is 5.87. The zero-order valence-corrected chi connectivity index (χ0v) is 15.0. The van der Waals surface area contributed by atoms with Gasteiger partial charge in [-0.25, -0.2) is 9.36 Å². The summed E-state index contributed by atoms with van der Waals surface area (Å²) in [5.74, 6) is -0.192. The van der Waals surface area contributed by atoms with Gasteiger partial charge in [-0.1, -0.05) is 0 Å². The van der Waals surface area contributed by atoms with Gasteiger partial charge in [0, 0.05) is 38.3 Å². The van der Waals surface area contributed by atoms with Crippen molar-refractivity contribution in [2.24, 2.45) is 0 Å². The van der Waals surface area contributed by atoms with Crippen LogP contribution in [0.4, 0.5) is 5.69 Å². The van der Waals surface area contributed by atoms with Crippen molar-refractivity contribution < 1.29 is 19.2 Å². The molecule has 134 valence electrons. The number of aromatic nitrogens is 1. The topological polar surface area (TPSA) is 53.7 Å². The molecule has 0 atom stereocenters. The molecule has 1 heterocycles. The molecule has 5 nitrogen and oxygen atoms in total. The van der Waals surface area contributed by atoms with Gasteiger partial charge in [-0.05, 0) is 43.5 Å². The molecule has 2 rings (SSSR count). The molecule has 0 saturated heterocycles. The fourth-order valence-electron chi connectivity index (χ4n) is 2.53. The Bertz CT molecular complexity index is 652. The Kier molecular flexibility index (Phi) is 7.26. The fourth-order valence-corrected chi connectivity index (χ4v) is 2.53. The zero-order chi connectivity index (χ0) is 18.1. The summed E-state index contributed by atoms with van der Waals surface area (Å²) in [5, 5.41) is 8.85. The van der Waals surface area contributed by atoms with Crippen LogP contribution in [0.15, 0.2) is 48.8 Å². The van der Waals surface area contributed by atoms with Crippen molar-refractivity contribution in [2.75, 3.05) is 25.6 Å². The van der Waals surface area contributed by atoms with Crippen molar-refractivity contribution in [1.82, 2.24) is 0 Å². The van der Waals surface area contributed by atoms with Crippen molar-refractivity contribution >= 4 is 11.7 Å². The maximum absolute atomic E-state index is 10.8. The van der Waals surface area contributed by atoms with Gasteiger partial charge < -0.3 is 14.7 Å². The molecule has 1 N–H and O–H groups in total. The van der Waals surface area contributed by atoms with E-state index in [-0.39, 0.29) is 5.56 Å². The van der Waals surface area contributed by atoms with E-state index in [2.05, 4.69) is 34.0 Å². The van der Waals surface area contributed by atoms with E-state index < -0.39 is 5.97 Å². The number of carbonyl (C=O) groups is 1. The maximum atomic E-state index is 10.8. The summed E-state index contributed by atoms with van der Waals surface area (Å²) in [6, 6.07) is 10.8. The second-order valence-electron chi connectivity index (χ2n) is 6.28. The molecule has 0 fully saturated rings. The zero-order valence-electron chi connectivity index (χ0n) is 15.0. The van der Waals surface area contributed by atoms with E-state index in [4.69, 9.17) is 9.84 Å². The molecule has 0 spiro atoms. The molecule has 0 radical (unpaired) electrons. The first kappa shape index (κ1) is 18.8. The summed E-state index contributed by atoms with van der Waals surface area (Å²) >= 11 is 0. The number of hydrogen-bond acceptors (Lipinski definition) is 3. The lowest BCUT2D eigenvalue weighted by Gasteiger charge is -2.10. The van der Waals surface area contributed by atoms with Gasteiger partial charge in [-0.2, -0.15) is 0 Å². The van der Waals surface area contributed by atoms with Crippen LogP contribution in [0.25, 0.3) is 0 Å². The van der Waals surface area contributed by atoms with E-state index >= 15 is 0 Å². The van der Waals surface area contributed by atoms with Crippen LogP contribution in [0.1, 0.15) is 36.0 Å². The van der Waals surface area contributed by atoms with E-state index in [1.54, 1.807) is 24.3 Å². The van der Waals surface area contributed by atoms with Crippen LogP contribution in [0.5, 0.6) is 5.75 Å². The number of carboxylic acids is 1. The minimum atomic E-state index is -0.916. The van der Waals surface area contributed by atoms with Crippen molar-refractivity contribution in [3.63, 3.8) is 0 Å². The number of unbranched alkanes of at least 4 members (excludes halogenated alkanes) is 3. The maximum Gasteiger partial charge on any atom is 0.335 e.